The Hall–Kier alpha value is -0.280. The molecule has 1 aliphatic heterocycles. The quantitative estimate of drug-likeness (QED) is 0.908. The number of nitrogens with one attached hydrogen (secondary N) is 1. The molecule has 1 aromatic rings. The molecule has 1 heterocycles. The average Bonchev–Trinajstić information content (AvgIpc) is 2.29. The van der Waals surface area contributed by atoms with Gasteiger partial charge in [-0.05, 0) is 31.9 Å². The molecule has 0 spiro atoms. The van der Waals surface area contributed by atoms with Crippen molar-refractivity contribution in [2.45, 2.75) is 31.8 Å². The van der Waals surface area contributed by atoms with Crippen LogP contribution in [0.3, 0.4) is 0 Å². The van der Waals surface area contributed by atoms with E-state index in [0.29, 0.717) is 16.6 Å². The summed E-state index contributed by atoms with van der Waals surface area (Å²) < 4.78 is 5.51. The largest absolute Gasteiger partial charge is 0.380 e. The van der Waals surface area contributed by atoms with Gasteiger partial charge in [-0.15, -0.1) is 0 Å². The van der Waals surface area contributed by atoms with Crippen molar-refractivity contribution in [2.24, 2.45) is 0 Å². The molecule has 1 unspecified atom stereocenters. The van der Waals surface area contributed by atoms with Gasteiger partial charge in [-0.25, -0.2) is 0 Å². The van der Waals surface area contributed by atoms with Gasteiger partial charge in [-0.1, -0.05) is 29.3 Å². The van der Waals surface area contributed by atoms with Crippen molar-refractivity contribution in [3.8, 4) is 0 Å². The van der Waals surface area contributed by atoms with E-state index in [4.69, 9.17) is 27.9 Å². The molecule has 1 aliphatic rings. The first-order valence-corrected chi connectivity index (χ1v) is 6.62. The molecule has 4 heteroatoms. The highest BCUT2D eigenvalue weighted by Gasteiger charge is 2.27. The minimum absolute atomic E-state index is 0.0285. The maximum absolute atomic E-state index is 6.14. The van der Waals surface area contributed by atoms with Crippen LogP contribution in [0.2, 0.25) is 10.0 Å². The van der Waals surface area contributed by atoms with E-state index in [1.807, 2.05) is 18.2 Å². The molecule has 2 rings (SSSR count). The third-order valence-corrected chi connectivity index (χ3v) is 3.90. The van der Waals surface area contributed by atoms with Crippen LogP contribution in [0.25, 0.3) is 0 Å². The van der Waals surface area contributed by atoms with Gasteiger partial charge < -0.3 is 10.1 Å². The summed E-state index contributed by atoms with van der Waals surface area (Å²) in [5.74, 6) is 0. The van der Waals surface area contributed by atoms with Crippen molar-refractivity contribution in [2.75, 3.05) is 13.2 Å². The molecule has 17 heavy (non-hydrogen) atoms. The van der Waals surface area contributed by atoms with Gasteiger partial charge in [0.05, 0.1) is 6.61 Å². The zero-order valence-corrected chi connectivity index (χ0v) is 11.4. The van der Waals surface area contributed by atoms with Gasteiger partial charge in [0.1, 0.15) is 0 Å². The number of benzene rings is 1. The molecule has 0 bridgehead atoms. The van der Waals surface area contributed by atoms with E-state index in [0.717, 1.165) is 31.6 Å². The van der Waals surface area contributed by atoms with Crippen LogP contribution in [0, 0.1) is 0 Å². The SMILES string of the molecule is CC1(NCc2c(Cl)cccc2Cl)CCCOC1. The van der Waals surface area contributed by atoms with Crippen LogP contribution in [0.1, 0.15) is 25.3 Å². The smallest absolute Gasteiger partial charge is 0.0645 e. The van der Waals surface area contributed by atoms with Crippen LogP contribution in [-0.4, -0.2) is 18.8 Å². The molecule has 1 fully saturated rings. The number of hydrogen-bond donors (Lipinski definition) is 1. The lowest BCUT2D eigenvalue weighted by atomic mass is 9.94. The predicted octanol–water partition coefficient (Wildman–Crippen LogP) is 3.65. The summed E-state index contributed by atoms with van der Waals surface area (Å²) in [6.45, 7) is 4.47. The summed E-state index contributed by atoms with van der Waals surface area (Å²) in [7, 11) is 0. The summed E-state index contributed by atoms with van der Waals surface area (Å²) in [4.78, 5) is 0. The van der Waals surface area contributed by atoms with Crippen LogP contribution in [0.4, 0.5) is 0 Å². The van der Waals surface area contributed by atoms with Crippen LogP contribution in [-0.2, 0) is 11.3 Å². The standard InChI is InChI=1S/C13H17Cl2NO/c1-13(6-3-7-17-9-13)16-8-10-11(14)4-2-5-12(10)15/h2,4-5,16H,3,6-9H2,1H3. The molecule has 1 saturated heterocycles. The number of hydrogen-bond acceptors (Lipinski definition) is 2. The second kappa shape index (κ2) is 5.57. The first-order valence-electron chi connectivity index (χ1n) is 5.86. The Kier molecular flexibility index (Phi) is 4.31. The van der Waals surface area contributed by atoms with Crippen LogP contribution >= 0.6 is 23.2 Å². The Morgan fingerprint density at radius 1 is 1.35 bits per heavy atom. The van der Waals surface area contributed by atoms with E-state index in [1.54, 1.807) is 0 Å². The third-order valence-electron chi connectivity index (χ3n) is 3.19. The summed E-state index contributed by atoms with van der Waals surface area (Å²) in [6.07, 6.45) is 2.22. The zero-order chi connectivity index (χ0) is 12.3. The number of halogens is 2. The highest BCUT2D eigenvalue weighted by atomic mass is 35.5. The van der Waals surface area contributed by atoms with E-state index in [-0.39, 0.29) is 5.54 Å². The first-order chi connectivity index (χ1) is 8.11. The Labute approximate surface area is 112 Å². The fraction of sp³-hybridized carbons (Fsp3) is 0.538. The minimum atomic E-state index is 0.0285. The van der Waals surface area contributed by atoms with Gasteiger partial charge in [0.15, 0.2) is 0 Å². The van der Waals surface area contributed by atoms with E-state index in [2.05, 4.69) is 12.2 Å². The first kappa shape index (κ1) is 13.2. The fourth-order valence-electron chi connectivity index (χ4n) is 2.08. The van der Waals surface area contributed by atoms with Crippen molar-refractivity contribution >= 4 is 23.2 Å². The molecule has 0 amide bonds. The Morgan fingerprint density at radius 2 is 2.06 bits per heavy atom. The zero-order valence-electron chi connectivity index (χ0n) is 9.93. The summed E-state index contributed by atoms with van der Waals surface area (Å²) in [5.41, 5.74) is 0.989. The Morgan fingerprint density at radius 3 is 2.65 bits per heavy atom. The van der Waals surface area contributed by atoms with Gasteiger partial charge in [-0.2, -0.15) is 0 Å². The van der Waals surface area contributed by atoms with Crippen molar-refractivity contribution in [3.63, 3.8) is 0 Å². The predicted molar refractivity (Wildman–Crippen MR) is 71.8 cm³/mol. The molecular weight excluding hydrogens is 257 g/mol. The topological polar surface area (TPSA) is 21.3 Å². The number of ether oxygens (including phenoxy) is 1. The second-order valence-electron chi connectivity index (χ2n) is 4.77. The second-order valence-corrected chi connectivity index (χ2v) is 5.58. The molecule has 0 aliphatic carbocycles. The maximum atomic E-state index is 6.14. The molecule has 94 valence electrons. The Balaban J connectivity index is 2.02. The van der Waals surface area contributed by atoms with Crippen molar-refractivity contribution in [1.82, 2.24) is 5.32 Å². The Bertz CT molecular complexity index is 369. The van der Waals surface area contributed by atoms with E-state index in [9.17, 15) is 0 Å². The monoisotopic (exact) mass is 273 g/mol. The van der Waals surface area contributed by atoms with Gasteiger partial charge in [0.25, 0.3) is 0 Å². The minimum Gasteiger partial charge on any atom is -0.380 e. The van der Waals surface area contributed by atoms with Crippen molar-refractivity contribution < 1.29 is 4.74 Å². The average molecular weight is 274 g/mol. The highest BCUT2D eigenvalue weighted by Crippen LogP contribution is 2.26. The maximum Gasteiger partial charge on any atom is 0.0645 e. The molecular formula is C13H17Cl2NO. The lowest BCUT2D eigenvalue weighted by molar-refractivity contribution is 0.0278. The van der Waals surface area contributed by atoms with Gasteiger partial charge in [0.2, 0.25) is 0 Å². The van der Waals surface area contributed by atoms with Gasteiger partial charge >= 0.3 is 0 Å². The molecule has 0 saturated carbocycles. The normalized spacial score (nSPS) is 24.9. The van der Waals surface area contributed by atoms with Crippen LogP contribution in [0.15, 0.2) is 18.2 Å². The molecule has 2 nitrogen and oxygen atoms in total. The lowest BCUT2D eigenvalue weighted by Gasteiger charge is -2.34. The fourth-order valence-corrected chi connectivity index (χ4v) is 2.61. The van der Waals surface area contributed by atoms with Crippen molar-refractivity contribution in [1.29, 1.82) is 0 Å². The van der Waals surface area contributed by atoms with E-state index < -0.39 is 0 Å². The molecule has 1 atom stereocenters. The van der Waals surface area contributed by atoms with Gasteiger partial charge in [-0.3, -0.25) is 0 Å². The van der Waals surface area contributed by atoms with E-state index in [1.165, 1.54) is 0 Å². The van der Waals surface area contributed by atoms with Crippen LogP contribution in [0.5, 0.6) is 0 Å². The summed E-state index contributed by atoms with van der Waals surface area (Å²) in [5, 5.41) is 4.93. The highest BCUT2D eigenvalue weighted by molar-refractivity contribution is 6.35. The summed E-state index contributed by atoms with van der Waals surface area (Å²) in [6, 6.07) is 5.59. The van der Waals surface area contributed by atoms with Crippen LogP contribution < -0.4 is 5.32 Å². The van der Waals surface area contributed by atoms with E-state index >= 15 is 0 Å². The summed E-state index contributed by atoms with van der Waals surface area (Å²) >= 11 is 12.3. The molecule has 1 aromatic carbocycles. The lowest BCUT2D eigenvalue weighted by Crippen LogP contribution is -2.48. The third kappa shape index (κ3) is 3.35. The van der Waals surface area contributed by atoms with Crippen molar-refractivity contribution in [3.05, 3.63) is 33.8 Å². The van der Waals surface area contributed by atoms with Gasteiger partial charge in [0, 0.05) is 34.3 Å². The molecule has 0 radical (unpaired) electrons. The molecule has 0 aromatic heterocycles. The molecule has 1 N–H and O–H groups in total. The number of rotatable bonds is 3.